The van der Waals surface area contributed by atoms with Gasteiger partial charge in [0, 0.05) is 13.6 Å². The third-order valence-electron chi connectivity index (χ3n) is 2.53. The van der Waals surface area contributed by atoms with E-state index in [1.165, 1.54) is 25.2 Å². The monoisotopic (exact) mass is 343 g/mol. The van der Waals surface area contributed by atoms with Gasteiger partial charge in [0.2, 0.25) is 10.0 Å². The molecule has 10 heteroatoms. The molecule has 0 aromatic heterocycles. The van der Waals surface area contributed by atoms with Crippen molar-refractivity contribution in [3.8, 4) is 0 Å². The van der Waals surface area contributed by atoms with Crippen LogP contribution in [0.3, 0.4) is 0 Å². The molecule has 9 nitrogen and oxygen atoms in total. The highest BCUT2D eigenvalue weighted by atomic mass is 32.2. The maximum Gasteiger partial charge on any atom is 0.338 e. The van der Waals surface area contributed by atoms with Crippen molar-refractivity contribution in [3.05, 3.63) is 29.8 Å². The standard InChI is InChI=1S/C13H17N3O6S/c1-3-15-23(20,21)10-6-4-5-9(7-10)12(18)22-8-11(17)16-13(19)14-2/h4-7,15H,3,8H2,1-2H3,(H2,14,16,17,19). The minimum Gasteiger partial charge on any atom is -0.452 e. The van der Waals surface area contributed by atoms with Crippen LogP contribution in [-0.4, -0.2) is 46.5 Å². The molecule has 0 unspecified atom stereocenters. The molecule has 0 aliphatic rings. The number of esters is 1. The predicted molar refractivity (Wildman–Crippen MR) is 80.2 cm³/mol. The van der Waals surface area contributed by atoms with Crippen LogP contribution in [0.15, 0.2) is 29.2 Å². The van der Waals surface area contributed by atoms with Gasteiger partial charge in [-0.25, -0.2) is 22.7 Å². The molecule has 1 rings (SSSR count). The zero-order valence-corrected chi connectivity index (χ0v) is 13.4. The number of sulfonamides is 1. The average Bonchev–Trinajstić information content (AvgIpc) is 2.52. The molecule has 0 saturated heterocycles. The summed E-state index contributed by atoms with van der Waals surface area (Å²) in [5.41, 5.74) is -0.0308. The normalized spacial score (nSPS) is 10.7. The number of imide groups is 1. The molecule has 126 valence electrons. The molecule has 0 fully saturated rings. The van der Waals surface area contributed by atoms with Gasteiger partial charge in [0.1, 0.15) is 0 Å². The van der Waals surface area contributed by atoms with E-state index in [0.717, 1.165) is 6.07 Å². The number of ether oxygens (including phenoxy) is 1. The number of benzene rings is 1. The fourth-order valence-corrected chi connectivity index (χ4v) is 2.59. The lowest BCUT2D eigenvalue weighted by molar-refractivity contribution is -0.123. The molecule has 0 bridgehead atoms. The van der Waals surface area contributed by atoms with Crippen LogP contribution in [0.2, 0.25) is 0 Å². The quantitative estimate of drug-likeness (QED) is 0.602. The van der Waals surface area contributed by atoms with E-state index in [2.05, 4.69) is 10.0 Å². The van der Waals surface area contributed by atoms with Gasteiger partial charge in [-0.15, -0.1) is 0 Å². The van der Waals surface area contributed by atoms with Crippen molar-refractivity contribution < 1.29 is 27.5 Å². The Labute approximate surface area is 133 Å². The Morgan fingerprint density at radius 3 is 2.52 bits per heavy atom. The molecule has 0 saturated carbocycles. The Bertz CT molecular complexity index is 701. The summed E-state index contributed by atoms with van der Waals surface area (Å²) in [5.74, 6) is -1.69. The zero-order chi connectivity index (χ0) is 17.5. The first-order valence-electron chi connectivity index (χ1n) is 6.58. The van der Waals surface area contributed by atoms with E-state index in [1.807, 2.05) is 5.32 Å². The first kappa shape index (κ1) is 18.6. The molecule has 0 atom stereocenters. The first-order valence-corrected chi connectivity index (χ1v) is 8.07. The van der Waals surface area contributed by atoms with Crippen molar-refractivity contribution in [2.75, 3.05) is 20.2 Å². The van der Waals surface area contributed by atoms with Gasteiger partial charge in [0.15, 0.2) is 6.61 Å². The molecule has 0 heterocycles. The van der Waals surface area contributed by atoms with Gasteiger partial charge in [-0.3, -0.25) is 10.1 Å². The molecular weight excluding hydrogens is 326 g/mol. The second-order valence-electron chi connectivity index (χ2n) is 4.23. The number of nitrogens with one attached hydrogen (secondary N) is 3. The number of rotatable bonds is 6. The van der Waals surface area contributed by atoms with E-state index in [9.17, 15) is 22.8 Å². The molecule has 0 spiro atoms. The number of carbonyl (C=O) groups excluding carboxylic acids is 3. The third-order valence-corrected chi connectivity index (χ3v) is 4.07. The summed E-state index contributed by atoms with van der Waals surface area (Å²) in [6.45, 7) is 1.16. The second-order valence-corrected chi connectivity index (χ2v) is 6.00. The number of hydrogen-bond acceptors (Lipinski definition) is 6. The Kier molecular flexibility index (Phi) is 6.66. The number of amides is 3. The van der Waals surface area contributed by atoms with Crippen molar-refractivity contribution in [1.82, 2.24) is 15.4 Å². The minimum absolute atomic E-state index is 0.0308. The van der Waals surface area contributed by atoms with Crippen molar-refractivity contribution in [2.45, 2.75) is 11.8 Å². The fraction of sp³-hybridized carbons (Fsp3) is 0.308. The van der Waals surface area contributed by atoms with Gasteiger partial charge in [-0.1, -0.05) is 13.0 Å². The lowest BCUT2D eigenvalue weighted by Gasteiger charge is -2.08. The SMILES string of the molecule is CCNS(=O)(=O)c1cccc(C(=O)OCC(=O)NC(=O)NC)c1. The van der Waals surface area contributed by atoms with Crippen LogP contribution in [0, 0.1) is 0 Å². The van der Waals surface area contributed by atoms with Crippen LogP contribution in [0.1, 0.15) is 17.3 Å². The molecule has 1 aromatic carbocycles. The lowest BCUT2D eigenvalue weighted by Crippen LogP contribution is -2.39. The van der Waals surface area contributed by atoms with Crippen LogP contribution >= 0.6 is 0 Å². The third kappa shape index (κ3) is 5.68. The highest BCUT2D eigenvalue weighted by Gasteiger charge is 2.17. The van der Waals surface area contributed by atoms with Gasteiger partial charge in [-0.05, 0) is 18.2 Å². The fourth-order valence-electron chi connectivity index (χ4n) is 1.50. The average molecular weight is 343 g/mol. The van der Waals surface area contributed by atoms with Crippen molar-refractivity contribution in [1.29, 1.82) is 0 Å². The van der Waals surface area contributed by atoms with E-state index in [4.69, 9.17) is 4.74 Å². The Hall–Kier alpha value is -2.46. The van der Waals surface area contributed by atoms with Crippen LogP contribution in [0.25, 0.3) is 0 Å². The van der Waals surface area contributed by atoms with Crippen molar-refractivity contribution in [2.24, 2.45) is 0 Å². The summed E-state index contributed by atoms with van der Waals surface area (Å²) in [4.78, 5) is 33.9. The van der Waals surface area contributed by atoms with Crippen LogP contribution in [-0.2, 0) is 19.6 Å². The largest absolute Gasteiger partial charge is 0.452 e. The van der Waals surface area contributed by atoms with Crippen molar-refractivity contribution in [3.63, 3.8) is 0 Å². The predicted octanol–water partition coefficient (Wildman–Crippen LogP) is -0.403. The number of hydrogen-bond donors (Lipinski definition) is 3. The summed E-state index contributed by atoms with van der Waals surface area (Å²) < 4.78 is 30.7. The lowest BCUT2D eigenvalue weighted by atomic mass is 10.2. The van der Waals surface area contributed by atoms with E-state index < -0.39 is 34.5 Å². The number of urea groups is 1. The summed E-state index contributed by atoms with van der Waals surface area (Å²) in [6, 6.07) is 4.46. The molecule has 3 amide bonds. The van der Waals surface area contributed by atoms with Gasteiger partial charge in [0.05, 0.1) is 10.5 Å². The molecular formula is C13H17N3O6S. The Morgan fingerprint density at radius 1 is 1.22 bits per heavy atom. The molecule has 0 aliphatic carbocycles. The Balaban J connectivity index is 2.74. The van der Waals surface area contributed by atoms with E-state index >= 15 is 0 Å². The maximum absolute atomic E-state index is 11.9. The molecule has 1 aromatic rings. The highest BCUT2D eigenvalue weighted by molar-refractivity contribution is 7.89. The van der Waals surface area contributed by atoms with Crippen molar-refractivity contribution >= 4 is 27.9 Å². The first-order chi connectivity index (χ1) is 10.8. The van der Waals surface area contributed by atoms with E-state index in [-0.39, 0.29) is 17.0 Å². The number of carbonyl (C=O) groups is 3. The second kappa shape index (κ2) is 8.25. The summed E-state index contributed by atoms with van der Waals surface area (Å²) >= 11 is 0. The Morgan fingerprint density at radius 2 is 1.91 bits per heavy atom. The van der Waals surface area contributed by atoms with Crippen LogP contribution < -0.4 is 15.4 Å². The van der Waals surface area contributed by atoms with E-state index in [1.54, 1.807) is 6.92 Å². The topological polar surface area (TPSA) is 131 Å². The van der Waals surface area contributed by atoms with Gasteiger partial charge in [-0.2, -0.15) is 0 Å². The molecule has 0 radical (unpaired) electrons. The molecule has 0 aliphatic heterocycles. The summed E-state index contributed by atoms with van der Waals surface area (Å²) in [6.07, 6.45) is 0. The molecule has 23 heavy (non-hydrogen) atoms. The van der Waals surface area contributed by atoms with Gasteiger partial charge >= 0.3 is 12.0 Å². The zero-order valence-electron chi connectivity index (χ0n) is 12.6. The van der Waals surface area contributed by atoms with Gasteiger partial charge in [0.25, 0.3) is 5.91 Å². The summed E-state index contributed by atoms with van der Waals surface area (Å²) in [5, 5.41) is 4.08. The van der Waals surface area contributed by atoms with Crippen LogP contribution in [0.4, 0.5) is 4.79 Å². The summed E-state index contributed by atoms with van der Waals surface area (Å²) in [7, 11) is -2.38. The van der Waals surface area contributed by atoms with E-state index in [0.29, 0.717) is 0 Å². The minimum atomic E-state index is -3.71. The molecule has 3 N–H and O–H groups in total. The maximum atomic E-state index is 11.9. The smallest absolute Gasteiger partial charge is 0.338 e. The van der Waals surface area contributed by atoms with Gasteiger partial charge < -0.3 is 10.1 Å². The highest BCUT2D eigenvalue weighted by Crippen LogP contribution is 2.12. The van der Waals surface area contributed by atoms with Crippen LogP contribution in [0.5, 0.6) is 0 Å².